The molecule has 0 aromatic heterocycles. The van der Waals surface area contributed by atoms with Crippen LogP contribution in [-0.2, 0) is 9.59 Å². The number of allylic oxidation sites excluding steroid dienone is 1. The van der Waals surface area contributed by atoms with E-state index >= 15 is 0 Å². The van der Waals surface area contributed by atoms with E-state index in [4.69, 9.17) is 0 Å². The number of urea groups is 1. The molecule has 1 rings (SSSR count). The van der Waals surface area contributed by atoms with Gasteiger partial charge in [-0.25, -0.2) is 4.79 Å². The van der Waals surface area contributed by atoms with Crippen LogP contribution in [0.25, 0.3) is 0 Å². The van der Waals surface area contributed by atoms with E-state index in [1.165, 1.54) is 0 Å². The summed E-state index contributed by atoms with van der Waals surface area (Å²) in [7, 11) is 0. The molecule has 0 atom stereocenters. The van der Waals surface area contributed by atoms with Gasteiger partial charge >= 0.3 is 6.03 Å². The van der Waals surface area contributed by atoms with Crippen LogP contribution >= 0.6 is 0 Å². The van der Waals surface area contributed by atoms with Gasteiger partial charge in [0, 0.05) is 19.5 Å². The second-order valence-electron chi connectivity index (χ2n) is 4.97. The third-order valence-corrected chi connectivity index (χ3v) is 2.88. The van der Waals surface area contributed by atoms with Gasteiger partial charge in [0.25, 0.3) is 5.91 Å². The number of imide groups is 1. The van der Waals surface area contributed by atoms with Gasteiger partial charge in [0.05, 0.1) is 0 Å². The Balaban J connectivity index is 2.34. The molecule has 1 fully saturated rings. The lowest BCUT2D eigenvalue weighted by Crippen LogP contribution is -2.40. The highest BCUT2D eigenvalue weighted by Gasteiger charge is 2.43. The zero-order chi connectivity index (χ0) is 14.5. The predicted octanol–water partition coefficient (Wildman–Crippen LogP) is 0.789. The fourth-order valence-corrected chi connectivity index (χ4v) is 1.78. The Hall–Kier alpha value is -1.85. The van der Waals surface area contributed by atoms with Gasteiger partial charge in [-0.1, -0.05) is 12.2 Å². The highest BCUT2D eigenvalue weighted by atomic mass is 16.2. The number of nitrogens with zero attached hydrogens (tertiary/aromatic N) is 1. The Labute approximate surface area is 113 Å². The molecule has 1 saturated heterocycles. The molecule has 0 unspecified atom stereocenters. The molecular weight excluding hydrogens is 246 g/mol. The maximum Gasteiger partial charge on any atom is 0.325 e. The van der Waals surface area contributed by atoms with E-state index < -0.39 is 11.6 Å². The first-order valence-corrected chi connectivity index (χ1v) is 6.40. The minimum atomic E-state index is -0.876. The van der Waals surface area contributed by atoms with E-state index in [9.17, 15) is 14.4 Å². The number of amides is 4. The Morgan fingerprint density at radius 1 is 1.42 bits per heavy atom. The Morgan fingerprint density at radius 2 is 2.11 bits per heavy atom. The molecule has 0 spiro atoms. The average molecular weight is 267 g/mol. The van der Waals surface area contributed by atoms with Crippen LogP contribution in [0.15, 0.2) is 12.2 Å². The van der Waals surface area contributed by atoms with Gasteiger partial charge in [0.1, 0.15) is 5.54 Å². The first-order chi connectivity index (χ1) is 8.88. The molecule has 1 aliphatic rings. The highest BCUT2D eigenvalue weighted by Crippen LogP contribution is 2.16. The lowest BCUT2D eigenvalue weighted by molar-refractivity contribution is -0.130. The number of carbonyl (C=O) groups is 3. The molecule has 0 saturated carbocycles. The van der Waals surface area contributed by atoms with Crippen molar-refractivity contribution in [1.82, 2.24) is 15.5 Å². The number of nitrogens with one attached hydrogen (secondary N) is 2. The van der Waals surface area contributed by atoms with Crippen LogP contribution in [0, 0.1) is 0 Å². The fourth-order valence-electron chi connectivity index (χ4n) is 1.78. The number of hydrogen-bond donors (Lipinski definition) is 2. The summed E-state index contributed by atoms with van der Waals surface area (Å²) in [6.07, 6.45) is 4.78. The smallest absolute Gasteiger partial charge is 0.325 e. The second kappa shape index (κ2) is 6.36. The van der Waals surface area contributed by atoms with E-state index in [1.54, 1.807) is 13.8 Å². The maximum atomic E-state index is 11.9. The molecule has 1 aliphatic heterocycles. The second-order valence-corrected chi connectivity index (χ2v) is 4.97. The van der Waals surface area contributed by atoms with Crippen molar-refractivity contribution in [2.45, 2.75) is 39.2 Å². The minimum Gasteiger partial charge on any atom is -0.356 e. The molecule has 0 aliphatic carbocycles. The predicted molar refractivity (Wildman–Crippen MR) is 71.4 cm³/mol. The Kier molecular flexibility index (Phi) is 5.09. The molecular formula is C13H21N3O3. The van der Waals surface area contributed by atoms with Gasteiger partial charge in [-0.2, -0.15) is 0 Å². The van der Waals surface area contributed by atoms with E-state index in [0.29, 0.717) is 6.54 Å². The highest BCUT2D eigenvalue weighted by molar-refractivity contribution is 6.06. The average Bonchev–Trinajstić information content (AvgIpc) is 2.52. The zero-order valence-electron chi connectivity index (χ0n) is 11.7. The molecule has 6 nitrogen and oxygen atoms in total. The zero-order valence-corrected chi connectivity index (χ0v) is 11.7. The van der Waals surface area contributed by atoms with Crippen molar-refractivity contribution in [2.75, 3.05) is 13.1 Å². The standard InChI is InChI=1S/C13H21N3O3/c1-4-5-6-8-14-10(17)7-9-16-11(18)13(2,3)15-12(16)19/h4-5H,6-9H2,1-3H3,(H,14,17)(H,15,19)/b5-4+. The van der Waals surface area contributed by atoms with Gasteiger partial charge in [-0.3, -0.25) is 14.5 Å². The Morgan fingerprint density at radius 3 is 2.63 bits per heavy atom. The fraction of sp³-hybridized carbons (Fsp3) is 0.615. The quantitative estimate of drug-likeness (QED) is 0.424. The molecule has 1 heterocycles. The largest absolute Gasteiger partial charge is 0.356 e. The molecule has 0 aromatic carbocycles. The number of carbonyl (C=O) groups excluding carboxylic acids is 3. The van der Waals surface area contributed by atoms with Crippen LogP contribution in [0.2, 0.25) is 0 Å². The van der Waals surface area contributed by atoms with Crippen LogP contribution in [-0.4, -0.2) is 41.4 Å². The number of rotatable bonds is 6. The molecule has 0 bridgehead atoms. The molecule has 106 valence electrons. The van der Waals surface area contributed by atoms with Crippen molar-refractivity contribution in [2.24, 2.45) is 0 Å². The Bertz CT molecular complexity index is 402. The molecule has 0 radical (unpaired) electrons. The van der Waals surface area contributed by atoms with Crippen LogP contribution in [0.1, 0.15) is 33.6 Å². The summed E-state index contributed by atoms with van der Waals surface area (Å²) >= 11 is 0. The van der Waals surface area contributed by atoms with E-state index in [1.807, 2.05) is 19.1 Å². The third-order valence-electron chi connectivity index (χ3n) is 2.88. The summed E-state index contributed by atoms with van der Waals surface area (Å²) in [4.78, 5) is 36.0. The molecule has 0 aromatic rings. The van der Waals surface area contributed by atoms with Crippen LogP contribution in [0.3, 0.4) is 0 Å². The lowest BCUT2D eigenvalue weighted by Gasteiger charge is -2.15. The monoisotopic (exact) mass is 267 g/mol. The minimum absolute atomic E-state index is 0.115. The molecule has 19 heavy (non-hydrogen) atoms. The van der Waals surface area contributed by atoms with Gasteiger partial charge < -0.3 is 10.6 Å². The summed E-state index contributed by atoms with van der Waals surface area (Å²) in [5.41, 5.74) is -0.876. The van der Waals surface area contributed by atoms with E-state index in [-0.39, 0.29) is 24.8 Å². The van der Waals surface area contributed by atoms with E-state index in [2.05, 4.69) is 10.6 Å². The van der Waals surface area contributed by atoms with Crippen molar-refractivity contribution >= 4 is 17.8 Å². The summed E-state index contributed by atoms with van der Waals surface area (Å²) in [6, 6.07) is -0.434. The molecule has 2 N–H and O–H groups in total. The maximum absolute atomic E-state index is 11.9. The van der Waals surface area contributed by atoms with E-state index in [0.717, 1.165) is 11.3 Å². The van der Waals surface area contributed by atoms with Crippen molar-refractivity contribution in [3.63, 3.8) is 0 Å². The van der Waals surface area contributed by atoms with Crippen LogP contribution < -0.4 is 10.6 Å². The summed E-state index contributed by atoms with van der Waals surface area (Å²) in [5.74, 6) is -0.450. The molecule has 4 amide bonds. The van der Waals surface area contributed by atoms with Crippen molar-refractivity contribution < 1.29 is 14.4 Å². The normalized spacial score (nSPS) is 17.9. The summed E-state index contributed by atoms with van der Waals surface area (Å²) < 4.78 is 0. The van der Waals surface area contributed by atoms with Crippen LogP contribution in [0.5, 0.6) is 0 Å². The first kappa shape index (κ1) is 15.2. The van der Waals surface area contributed by atoms with Gasteiger partial charge in [0.15, 0.2) is 0 Å². The van der Waals surface area contributed by atoms with Gasteiger partial charge in [0.2, 0.25) is 5.91 Å². The van der Waals surface area contributed by atoms with Crippen LogP contribution in [0.4, 0.5) is 4.79 Å². The lowest BCUT2D eigenvalue weighted by atomic mass is 10.1. The number of hydrogen-bond acceptors (Lipinski definition) is 3. The SMILES string of the molecule is C/C=C/CCNC(=O)CCN1C(=O)NC(C)(C)C1=O. The van der Waals surface area contributed by atoms with Crippen molar-refractivity contribution in [3.05, 3.63) is 12.2 Å². The van der Waals surface area contributed by atoms with Gasteiger partial charge in [-0.05, 0) is 27.2 Å². The molecule has 6 heteroatoms. The summed E-state index contributed by atoms with van der Waals surface area (Å²) in [6.45, 7) is 5.88. The van der Waals surface area contributed by atoms with Crippen molar-refractivity contribution in [3.8, 4) is 0 Å². The first-order valence-electron chi connectivity index (χ1n) is 6.40. The third kappa shape index (κ3) is 4.08. The topological polar surface area (TPSA) is 78.5 Å². The summed E-state index contributed by atoms with van der Waals surface area (Å²) in [5, 5.41) is 5.31. The van der Waals surface area contributed by atoms with Gasteiger partial charge in [-0.15, -0.1) is 0 Å². The van der Waals surface area contributed by atoms with Crippen molar-refractivity contribution in [1.29, 1.82) is 0 Å².